The second kappa shape index (κ2) is 10.9. The number of aromatic nitrogens is 5. The van der Waals surface area contributed by atoms with Crippen LogP contribution in [-0.2, 0) is 16.4 Å². The van der Waals surface area contributed by atoms with E-state index < -0.39 is 22.2 Å². The highest BCUT2D eigenvalue weighted by Gasteiger charge is 2.47. The summed E-state index contributed by atoms with van der Waals surface area (Å²) in [4.78, 5) is 12.7. The molecule has 1 saturated heterocycles. The maximum Gasteiger partial charge on any atom is 0.216 e. The second-order valence-corrected chi connectivity index (χ2v) is 15.7. The summed E-state index contributed by atoms with van der Waals surface area (Å²) in [6.07, 6.45) is 12.9. The van der Waals surface area contributed by atoms with Crippen LogP contribution < -0.4 is 0 Å². The number of hydrogen-bond donors (Lipinski definition) is 2. The summed E-state index contributed by atoms with van der Waals surface area (Å²) in [5, 5.41) is 21.3. The third-order valence-electron chi connectivity index (χ3n) is 10.9. The molecule has 6 atom stereocenters. The van der Waals surface area contributed by atoms with E-state index in [2.05, 4.69) is 60.5 Å². The molecule has 10 nitrogen and oxygen atoms in total. The van der Waals surface area contributed by atoms with Crippen LogP contribution >= 0.6 is 0 Å². The van der Waals surface area contributed by atoms with Gasteiger partial charge in [-0.15, -0.1) is 0 Å². The van der Waals surface area contributed by atoms with Gasteiger partial charge in [-0.1, -0.05) is 48.5 Å². The van der Waals surface area contributed by atoms with Gasteiger partial charge in [-0.25, -0.2) is 22.7 Å². The van der Waals surface area contributed by atoms with Crippen LogP contribution in [0.1, 0.15) is 59.7 Å². The zero-order valence-corrected chi connectivity index (χ0v) is 26.6. The molecule has 3 aromatic heterocycles. The average molecular weight is 649 g/mol. The first-order chi connectivity index (χ1) is 22.9. The predicted molar refractivity (Wildman–Crippen MR) is 176 cm³/mol. The van der Waals surface area contributed by atoms with Crippen LogP contribution in [0.25, 0.3) is 22.5 Å². The quantitative estimate of drug-likeness (QED) is 0.296. The Morgan fingerprint density at radius 1 is 0.702 bits per heavy atom. The first-order valence-electron chi connectivity index (χ1n) is 16.4. The number of pyridine rings is 1. The Bertz CT molecular complexity index is 2090. The van der Waals surface area contributed by atoms with Crippen molar-refractivity contribution in [1.82, 2.24) is 28.4 Å². The molecule has 0 bridgehead atoms. The predicted octanol–water partition coefficient (Wildman–Crippen LogP) is 4.38. The van der Waals surface area contributed by atoms with E-state index in [1.165, 1.54) is 16.7 Å². The van der Waals surface area contributed by atoms with Crippen molar-refractivity contribution in [2.24, 2.45) is 11.8 Å². The molecule has 10 rings (SSSR count). The Morgan fingerprint density at radius 3 is 1.94 bits per heavy atom. The van der Waals surface area contributed by atoms with Crippen molar-refractivity contribution in [2.75, 3.05) is 13.1 Å². The van der Waals surface area contributed by atoms with Gasteiger partial charge < -0.3 is 19.3 Å². The summed E-state index contributed by atoms with van der Waals surface area (Å²) >= 11 is 0. The molecule has 0 radical (unpaired) electrons. The summed E-state index contributed by atoms with van der Waals surface area (Å²) < 4.78 is 31.3. The fourth-order valence-corrected chi connectivity index (χ4v) is 10.3. The van der Waals surface area contributed by atoms with Crippen molar-refractivity contribution in [3.63, 3.8) is 0 Å². The fraction of sp³-hybridized carbons (Fsp3) is 0.361. The molecule has 11 heteroatoms. The molecule has 0 spiro atoms. The number of rotatable bonds is 4. The molecule has 1 saturated carbocycles. The van der Waals surface area contributed by atoms with Crippen LogP contribution in [0.4, 0.5) is 0 Å². The largest absolute Gasteiger partial charge is 0.393 e. The number of nitrogens with zero attached hydrogens (tertiary/aromatic N) is 6. The number of imidazole rings is 2. The van der Waals surface area contributed by atoms with Crippen LogP contribution in [0.2, 0.25) is 0 Å². The molecule has 47 heavy (non-hydrogen) atoms. The van der Waals surface area contributed by atoms with Crippen molar-refractivity contribution < 1.29 is 18.6 Å². The van der Waals surface area contributed by atoms with Gasteiger partial charge in [0, 0.05) is 54.0 Å². The van der Waals surface area contributed by atoms with Crippen molar-refractivity contribution in [2.45, 2.75) is 55.2 Å². The van der Waals surface area contributed by atoms with E-state index in [0.29, 0.717) is 19.5 Å². The highest BCUT2D eigenvalue weighted by atomic mass is 32.2. The van der Waals surface area contributed by atoms with E-state index in [9.17, 15) is 18.6 Å². The SMILES string of the molecule is O=S(=O)(C1CC1)N1CCC(O)C(C2c3ccccc3-c3cncn32)C1.OC1c2cnccc2CC1C1c2ccccc2-c2cncn21. The lowest BCUT2D eigenvalue weighted by Crippen LogP contribution is -2.49. The third-order valence-corrected chi connectivity index (χ3v) is 13.2. The molecule has 2 N–H and O–H groups in total. The molecule has 5 aliphatic rings. The number of piperidine rings is 1. The number of benzene rings is 2. The maximum absolute atomic E-state index is 12.7. The van der Waals surface area contributed by atoms with Crippen LogP contribution in [0.3, 0.4) is 0 Å². The maximum atomic E-state index is 12.7. The Labute approximate surface area is 273 Å². The summed E-state index contributed by atoms with van der Waals surface area (Å²) in [7, 11) is -3.22. The zero-order chi connectivity index (χ0) is 31.9. The van der Waals surface area contributed by atoms with Gasteiger partial charge in [-0.2, -0.15) is 0 Å². The molecular formula is C36H36N6O4S. The van der Waals surface area contributed by atoms with Crippen molar-refractivity contribution >= 4 is 10.0 Å². The van der Waals surface area contributed by atoms with Gasteiger partial charge in [-0.3, -0.25) is 4.98 Å². The minimum Gasteiger partial charge on any atom is -0.393 e. The molecule has 2 fully saturated rings. The topological polar surface area (TPSA) is 126 Å². The minimum atomic E-state index is -3.22. The Morgan fingerprint density at radius 2 is 1.32 bits per heavy atom. The van der Waals surface area contributed by atoms with Crippen LogP contribution in [0.5, 0.6) is 0 Å². The number of hydrogen-bond acceptors (Lipinski definition) is 7. The van der Waals surface area contributed by atoms with Gasteiger partial charge in [0.25, 0.3) is 0 Å². The first kappa shape index (κ1) is 29.0. The van der Waals surface area contributed by atoms with E-state index in [1.807, 2.05) is 36.9 Å². The minimum absolute atomic E-state index is 0.0686. The van der Waals surface area contributed by atoms with E-state index >= 15 is 0 Å². The van der Waals surface area contributed by atoms with Gasteiger partial charge in [0.2, 0.25) is 10.0 Å². The van der Waals surface area contributed by atoms with Gasteiger partial charge in [0.05, 0.1) is 66.0 Å². The molecule has 5 aromatic rings. The molecule has 3 aliphatic heterocycles. The van der Waals surface area contributed by atoms with E-state index in [1.54, 1.807) is 23.0 Å². The molecule has 6 heterocycles. The van der Waals surface area contributed by atoms with Gasteiger partial charge >= 0.3 is 0 Å². The smallest absolute Gasteiger partial charge is 0.216 e. The molecule has 2 aliphatic carbocycles. The summed E-state index contributed by atoms with van der Waals surface area (Å²) in [6, 6.07) is 18.7. The monoisotopic (exact) mass is 648 g/mol. The van der Waals surface area contributed by atoms with Crippen LogP contribution in [0.15, 0.2) is 92.0 Å². The summed E-state index contributed by atoms with van der Waals surface area (Å²) in [5.74, 6) is -0.0466. The highest BCUT2D eigenvalue weighted by Crippen LogP contribution is 2.50. The zero-order valence-electron chi connectivity index (χ0n) is 25.7. The number of aliphatic hydroxyl groups is 2. The van der Waals surface area contributed by atoms with Crippen LogP contribution in [-0.4, -0.2) is 71.5 Å². The van der Waals surface area contributed by atoms with Gasteiger partial charge in [0.15, 0.2) is 0 Å². The molecule has 0 amide bonds. The standard InChI is InChI=1S/C18H21N3O3S.C18H15N3O/c22-17-7-8-20(25(23,24)12-5-6-12)10-15(17)18-14-4-2-1-3-13(14)16-9-19-11-21(16)18;22-18-14(7-11-5-6-19-8-15(11)18)17-13-4-2-1-3-12(13)16-9-20-10-21(16)17/h1-4,9,11-12,15,17-18,22H,5-8,10H2;1-6,8-10,14,17-18,22H,7H2. The lowest BCUT2D eigenvalue weighted by Gasteiger charge is -2.39. The Hall–Kier alpha value is -4.16. The Balaban J connectivity index is 0.000000130. The van der Waals surface area contributed by atoms with Gasteiger partial charge in [0.1, 0.15) is 0 Å². The average Bonchev–Trinajstić information content (AvgIpc) is 3.36. The number of aliphatic hydroxyl groups excluding tert-OH is 2. The van der Waals surface area contributed by atoms with E-state index in [0.717, 1.165) is 47.3 Å². The summed E-state index contributed by atoms with van der Waals surface area (Å²) in [6.45, 7) is 0.790. The van der Waals surface area contributed by atoms with E-state index in [4.69, 9.17) is 0 Å². The molecule has 6 unspecified atom stereocenters. The van der Waals surface area contributed by atoms with Crippen molar-refractivity contribution in [1.29, 1.82) is 0 Å². The fourth-order valence-electron chi connectivity index (χ4n) is 8.44. The van der Waals surface area contributed by atoms with Crippen molar-refractivity contribution in [3.05, 3.63) is 114 Å². The molecule has 2 aromatic carbocycles. The molecular weight excluding hydrogens is 613 g/mol. The third kappa shape index (κ3) is 4.55. The van der Waals surface area contributed by atoms with Crippen LogP contribution in [0, 0.1) is 11.8 Å². The van der Waals surface area contributed by atoms with E-state index in [-0.39, 0.29) is 29.2 Å². The summed E-state index contributed by atoms with van der Waals surface area (Å²) in [5.41, 5.74) is 9.14. The number of sulfonamides is 1. The molecule has 240 valence electrons. The highest BCUT2D eigenvalue weighted by molar-refractivity contribution is 7.90. The van der Waals surface area contributed by atoms with Crippen molar-refractivity contribution in [3.8, 4) is 22.5 Å². The normalized spacial score (nSPS) is 27.3. The Kier molecular flexibility index (Phi) is 6.76. The lowest BCUT2D eigenvalue weighted by atomic mass is 9.85. The second-order valence-electron chi connectivity index (χ2n) is 13.4. The lowest BCUT2D eigenvalue weighted by molar-refractivity contribution is 0.0356. The van der Waals surface area contributed by atoms with Gasteiger partial charge in [-0.05, 0) is 48.4 Å². The number of fused-ring (bicyclic) bond motifs is 7. The first-order valence-corrected chi connectivity index (χ1v) is 17.9.